The third-order valence-corrected chi connectivity index (χ3v) is 4.27. The van der Waals surface area contributed by atoms with Gasteiger partial charge in [0.15, 0.2) is 0 Å². The number of benzene rings is 2. The second kappa shape index (κ2) is 7.37. The summed E-state index contributed by atoms with van der Waals surface area (Å²) in [5, 5.41) is 13.8. The van der Waals surface area contributed by atoms with E-state index in [4.69, 9.17) is 17.3 Å². The summed E-state index contributed by atoms with van der Waals surface area (Å²) in [5.41, 5.74) is 8.77. The van der Waals surface area contributed by atoms with Crippen LogP contribution in [0.25, 0.3) is 10.9 Å². The van der Waals surface area contributed by atoms with Gasteiger partial charge in [-0.15, -0.1) is 0 Å². The molecular formula is C19H16ClFN4. The number of rotatable bonds is 5. The minimum Gasteiger partial charge on any atom is -0.399 e. The molecule has 4 nitrogen and oxygen atoms in total. The number of nitrogens with one attached hydrogen (secondary N) is 1. The monoisotopic (exact) mass is 354 g/mol. The van der Waals surface area contributed by atoms with Crippen molar-refractivity contribution >= 4 is 33.9 Å². The molecule has 6 heteroatoms. The molecule has 0 unspecified atom stereocenters. The van der Waals surface area contributed by atoms with E-state index in [2.05, 4.69) is 16.4 Å². The van der Waals surface area contributed by atoms with Crippen LogP contribution in [0.4, 0.5) is 15.8 Å². The lowest BCUT2D eigenvalue weighted by Gasteiger charge is -2.21. The van der Waals surface area contributed by atoms with Gasteiger partial charge >= 0.3 is 0 Å². The Morgan fingerprint density at radius 2 is 2.04 bits per heavy atom. The minimum atomic E-state index is -0.486. The standard InChI is InChI=1S/C19H16ClFN4/c20-16-9-14(23)8-15-18(13(10-22)11-24-19(15)16)25-17(6-7-21)12-4-2-1-3-5-12/h1-5,8-9,11,17H,6-7,23H2,(H,24,25)/t17-/m1/s1. The summed E-state index contributed by atoms with van der Waals surface area (Å²) in [5.74, 6) is 0. The number of hydrogen-bond acceptors (Lipinski definition) is 4. The molecule has 2 aromatic carbocycles. The number of hydrogen-bond donors (Lipinski definition) is 2. The fourth-order valence-electron chi connectivity index (χ4n) is 2.81. The first-order chi connectivity index (χ1) is 12.1. The Kier molecular flexibility index (Phi) is 5.01. The lowest BCUT2D eigenvalue weighted by Crippen LogP contribution is -2.13. The molecule has 0 aliphatic rings. The van der Waals surface area contributed by atoms with Crippen LogP contribution in [0.5, 0.6) is 0 Å². The van der Waals surface area contributed by atoms with Crippen molar-refractivity contribution in [3.63, 3.8) is 0 Å². The summed E-state index contributed by atoms with van der Waals surface area (Å²) >= 11 is 6.23. The van der Waals surface area contributed by atoms with Crippen molar-refractivity contribution in [2.75, 3.05) is 17.7 Å². The zero-order valence-electron chi connectivity index (χ0n) is 13.3. The van der Waals surface area contributed by atoms with Crippen molar-refractivity contribution in [1.29, 1.82) is 5.26 Å². The molecule has 3 aromatic rings. The van der Waals surface area contributed by atoms with Crippen LogP contribution in [0.1, 0.15) is 23.6 Å². The second-order valence-electron chi connectivity index (χ2n) is 5.64. The van der Waals surface area contributed by atoms with Gasteiger partial charge in [0.1, 0.15) is 6.07 Å². The van der Waals surface area contributed by atoms with E-state index in [1.807, 2.05) is 30.3 Å². The van der Waals surface area contributed by atoms with E-state index in [1.165, 1.54) is 6.20 Å². The number of nitrogens with two attached hydrogens (primary N) is 1. The molecular weight excluding hydrogens is 339 g/mol. The highest BCUT2D eigenvalue weighted by molar-refractivity contribution is 6.35. The topological polar surface area (TPSA) is 74.7 Å². The van der Waals surface area contributed by atoms with E-state index in [0.29, 0.717) is 32.9 Å². The number of nitrogens with zero attached hydrogens (tertiary/aromatic N) is 2. The van der Waals surface area contributed by atoms with Crippen LogP contribution in [0.15, 0.2) is 48.7 Å². The maximum absolute atomic E-state index is 13.1. The van der Waals surface area contributed by atoms with Crippen molar-refractivity contribution in [3.8, 4) is 6.07 Å². The fourth-order valence-corrected chi connectivity index (χ4v) is 3.09. The molecule has 1 atom stereocenters. The predicted octanol–water partition coefficient (Wildman–Crippen LogP) is 4.85. The van der Waals surface area contributed by atoms with Crippen LogP contribution in [-0.4, -0.2) is 11.7 Å². The largest absolute Gasteiger partial charge is 0.399 e. The summed E-state index contributed by atoms with van der Waals surface area (Å²) in [6, 6.07) is 14.7. The lowest BCUT2D eigenvalue weighted by molar-refractivity contribution is 0.451. The number of nitrogen functional groups attached to an aromatic ring is 1. The molecule has 0 saturated heterocycles. The van der Waals surface area contributed by atoms with Crippen LogP contribution in [-0.2, 0) is 0 Å². The first kappa shape index (κ1) is 17.0. The van der Waals surface area contributed by atoms with Crippen molar-refractivity contribution in [2.24, 2.45) is 0 Å². The van der Waals surface area contributed by atoms with Crippen LogP contribution in [0, 0.1) is 11.3 Å². The Labute approximate surface area is 150 Å². The summed E-state index contributed by atoms with van der Waals surface area (Å²) in [6.45, 7) is -0.486. The molecule has 0 bridgehead atoms. The molecule has 0 saturated carbocycles. The van der Waals surface area contributed by atoms with Gasteiger partial charge in [-0.25, -0.2) is 0 Å². The number of fused-ring (bicyclic) bond motifs is 1. The average Bonchev–Trinajstić information content (AvgIpc) is 2.62. The maximum atomic E-state index is 13.1. The first-order valence-electron chi connectivity index (χ1n) is 7.79. The van der Waals surface area contributed by atoms with Gasteiger partial charge in [0.25, 0.3) is 0 Å². The second-order valence-corrected chi connectivity index (χ2v) is 6.05. The van der Waals surface area contributed by atoms with E-state index < -0.39 is 6.67 Å². The summed E-state index contributed by atoms with van der Waals surface area (Å²) in [6.07, 6.45) is 1.74. The molecule has 3 N–H and O–H groups in total. The van der Waals surface area contributed by atoms with Crippen molar-refractivity contribution in [3.05, 3.63) is 64.8 Å². The van der Waals surface area contributed by atoms with Gasteiger partial charge in [0, 0.05) is 23.7 Å². The molecule has 3 rings (SSSR count). The van der Waals surface area contributed by atoms with E-state index >= 15 is 0 Å². The Hall–Kier alpha value is -2.84. The predicted molar refractivity (Wildman–Crippen MR) is 99.3 cm³/mol. The molecule has 0 radical (unpaired) electrons. The molecule has 0 aliphatic heterocycles. The average molecular weight is 355 g/mol. The summed E-state index contributed by atoms with van der Waals surface area (Å²) in [4.78, 5) is 4.26. The number of alkyl halides is 1. The molecule has 126 valence electrons. The Balaban J connectivity index is 2.14. The Morgan fingerprint density at radius 1 is 1.28 bits per heavy atom. The molecule has 0 fully saturated rings. The van der Waals surface area contributed by atoms with Gasteiger partial charge in [-0.05, 0) is 17.7 Å². The zero-order valence-corrected chi connectivity index (χ0v) is 14.1. The van der Waals surface area contributed by atoms with E-state index in [-0.39, 0.29) is 12.5 Å². The molecule has 1 heterocycles. The number of aromatic nitrogens is 1. The molecule has 0 amide bonds. The van der Waals surface area contributed by atoms with E-state index in [0.717, 1.165) is 5.56 Å². The Bertz CT molecular complexity index is 938. The molecule has 25 heavy (non-hydrogen) atoms. The Morgan fingerprint density at radius 3 is 2.72 bits per heavy atom. The quantitative estimate of drug-likeness (QED) is 0.642. The van der Waals surface area contributed by atoms with Gasteiger partial charge < -0.3 is 11.1 Å². The zero-order chi connectivity index (χ0) is 17.8. The number of nitriles is 1. The third kappa shape index (κ3) is 3.49. The highest BCUT2D eigenvalue weighted by Crippen LogP contribution is 2.35. The first-order valence-corrected chi connectivity index (χ1v) is 8.17. The van der Waals surface area contributed by atoms with Crippen LogP contribution >= 0.6 is 11.6 Å². The third-order valence-electron chi connectivity index (χ3n) is 3.99. The van der Waals surface area contributed by atoms with Gasteiger partial charge in [-0.3, -0.25) is 9.37 Å². The number of halogens is 2. The van der Waals surface area contributed by atoms with Gasteiger partial charge in [0.2, 0.25) is 0 Å². The van der Waals surface area contributed by atoms with Gasteiger partial charge in [-0.1, -0.05) is 41.9 Å². The highest BCUT2D eigenvalue weighted by atomic mass is 35.5. The molecule has 0 aliphatic carbocycles. The van der Waals surface area contributed by atoms with Crippen LogP contribution in [0.2, 0.25) is 5.02 Å². The van der Waals surface area contributed by atoms with Crippen LogP contribution < -0.4 is 11.1 Å². The highest BCUT2D eigenvalue weighted by Gasteiger charge is 2.17. The van der Waals surface area contributed by atoms with Crippen molar-refractivity contribution in [2.45, 2.75) is 12.5 Å². The fraction of sp³-hybridized carbons (Fsp3) is 0.158. The van der Waals surface area contributed by atoms with E-state index in [1.54, 1.807) is 12.1 Å². The molecule has 0 spiro atoms. The lowest BCUT2D eigenvalue weighted by atomic mass is 10.0. The summed E-state index contributed by atoms with van der Waals surface area (Å²) in [7, 11) is 0. The van der Waals surface area contributed by atoms with Gasteiger partial charge in [0.05, 0.1) is 34.5 Å². The SMILES string of the molecule is N#Cc1cnc2c(Cl)cc(N)cc2c1N[C@H](CCF)c1ccccc1. The molecule has 1 aromatic heterocycles. The minimum absolute atomic E-state index is 0.273. The maximum Gasteiger partial charge on any atom is 0.103 e. The van der Waals surface area contributed by atoms with Crippen LogP contribution in [0.3, 0.4) is 0 Å². The smallest absolute Gasteiger partial charge is 0.103 e. The van der Waals surface area contributed by atoms with Gasteiger partial charge in [-0.2, -0.15) is 5.26 Å². The van der Waals surface area contributed by atoms with Crippen molar-refractivity contribution in [1.82, 2.24) is 4.98 Å². The number of pyridine rings is 1. The number of anilines is 2. The normalized spacial score (nSPS) is 11.9. The van der Waals surface area contributed by atoms with E-state index in [9.17, 15) is 9.65 Å². The van der Waals surface area contributed by atoms with Crippen molar-refractivity contribution < 1.29 is 4.39 Å². The summed E-state index contributed by atoms with van der Waals surface area (Å²) < 4.78 is 13.1.